The molecule has 0 aliphatic heterocycles. The maximum Gasteiger partial charge on any atom is 0.343 e. The summed E-state index contributed by atoms with van der Waals surface area (Å²) in [5.41, 5.74) is 3.73. The highest BCUT2D eigenvalue weighted by molar-refractivity contribution is 7.99. The lowest BCUT2D eigenvalue weighted by Crippen LogP contribution is -2.19. The molecule has 142 valence electrons. The van der Waals surface area contributed by atoms with Gasteiger partial charge in [0.05, 0.1) is 5.75 Å². The van der Waals surface area contributed by atoms with E-state index in [9.17, 15) is 9.59 Å². The van der Waals surface area contributed by atoms with Crippen molar-refractivity contribution < 1.29 is 4.79 Å². The Labute approximate surface area is 162 Å². The van der Waals surface area contributed by atoms with E-state index in [2.05, 4.69) is 21.7 Å². The monoisotopic (exact) mass is 384 g/mol. The average Bonchev–Trinajstić information content (AvgIpc) is 3.17. The number of hydrogen-bond donors (Lipinski definition) is 1. The Kier molecular flexibility index (Phi) is 6.01. The highest BCUT2D eigenvalue weighted by atomic mass is 32.2. The Morgan fingerprint density at radius 2 is 1.93 bits per heavy atom. The molecule has 0 aliphatic carbocycles. The summed E-state index contributed by atoms with van der Waals surface area (Å²) in [6, 6.07) is 11.9. The molecule has 0 saturated carbocycles. The molecule has 0 spiro atoms. The summed E-state index contributed by atoms with van der Waals surface area (Å²) in [5, 5.41) is 7.13. The van der Waals surface area contributed by atoms with Crippen LogP contribution in [0.4, 0.5) is 0 Å². The predicted molar refractivity (Wildman–Crippen MR) is 108 cm³/mol. The normalized spacial score (nSPS) is 11.1. The van der Waals surface area contributed by atoms with Gasteiger partial charge in [-0.3, -0.25) is 9.36 Å². The Morgan fingerprint density at radius 1 is 1.19 bits per heavy atom. The third-order valence-electron chi connectivity index (χ3n) is 4.71. The highest BCUT2D eigenvalue weighted by Crippen LogP contribution is 2.20. The average molecular weight is 385 g/mol. The molecule has 27 heavy (non-hydrogen) atoms. The van der Waals surface area contributed by atoms with Gasteiger partial charge in [-0.25, -0.2) is 9.89 Å². The van der Waals surface area contributed by atoms with Crippen LogP contribution in [0.1, 0.15) is 34.2 Å². The van der Waals surface area contributed by atoms with Crippen molar-refractivity contribution in [3.05, 3.63) is 69.4 Å². The molecule has 0 saturated heterocycles. The summed E-state index contributed by atoms with van der Waals surface area (Å²) >= 11 is 1.30. The molecular formula is C20H24N4O2S. The topological polar surface area (TPSA) is 72.7 Å². The summed E-state index contributed by atoms with van der Waals surface area (Å²) in [6.07, 6.45) is 0.736. The van der Waals surface area contributed by atoms with Crippen LogP contribution in [0.5, 0.6) is 0 Å². The zero-order chi connectivity index (χ0) is 19.4. The summed E-state index contributed by atoms with van der Waals surface area (Å²) in [4.78, 5) is 24.7. The summed E-state index contributed by atoms with van der Waals surface area (Å²) in [7, 11) is 0. The lowest BCUT2D eigenvalue weighted by molar-refractivity contribution is 0.102. The third kappa shape index (κ3) is 4.24. The number of rotatable bonds is 8. The number of H-pyrrole nitrogens is 1. The van der Waals surface area contributed by atoms with Gasteiger partial charge in [-0.2, -0.15) is 0 Å². The number of thioether (sulfide) groups is 1. The van der Waals surface area contributed by atoms with Crippen LogP contribution in [-0.4, -0.2) is 30.9 Å². The number of benzene rings is 1. The summed E-state index contributed by atoms with van der Waals surface area (Å²) < 4.78 is 3.72. The number of carbonyl (C=O) groups is 1. The van der Waals surface area contributed by atoms with E-state index in [0.717, 1.165) is 35.5 Å². The van der Waals surface area contributed by atoms with Crippen LogP contribution in [0, 0.1) is 13.8 Å². The van der Waals surface area contributed by atoms with Crippen LogP contribution >= 0.6 is 11.8 Å². The number of aromatic amines is 1. The molecule has 1 aromatic carbocycles. The standard InChI is InChI=1S/C20H24N4O2S/c1-4-23-14(2)12-17(15(23)3)18(25)13-27-20-22-21-19(26)24(20)11-10-16-8-6-5-7-9-16/h5-9,12H,4,10-11,13H2,1-3H3,(H,21,26). The molecule has 0 unspecified atom stereocenters. The van der Waals surface area contributed by atoms with Gasteiger partial charge in [-0.05, 0) is 38.8 Å². The highest BCUT2D eigenvalue weighted by Gasteiger charge is 2.17. The molecule has 1 N–H and O–H groups in total. The number of carbonyl (C=O) groups excluding carboxylic acids is 1. The summed E-state index contributed by atoms with van der Waals surface area (Å²) in [5.74, 6) is 0.307. The van der Waals surface area contributed by atoms with Crippen LogP contribution in [0.25, 0.3) is 0 Å². The van der Waals surface area contributed by atoms with Gasteiger partial charge in [0.1, 0.15) is 0 Å². The second-order valence-electron chi connectivity index (χ2n) is 6.44. The second-order valence-corrected chi connectivity index (χ2v) is 7.38. The fourth-order valence-electron chi connectivity index (χ4n) is 3.27. The number of aromatic nitrogens is 4. The number of ketones is 1. The van der Waals surface area contributed by atoms with Crippen molar-refractivity contribution in [3.8, 4) is 0 Å². The first-order valence-electron chi connectivity index (χ1n) is 9.03. The first-order valence-corrected chi connectivity index (χ1v) is 10.0. The first-order chi connectivity index (χ1) is 13.0. The molecule has 6 nitrogen and oxygen atoms in total. The van der Waals surface area contributed by atoms with Crippen molar-refractivity contribution >= 4 is 17.5 Å². The maximum atomic E-state index is 12.7. The minimum absolute atomic E-state index is 0.0536. The number of aryl methyl sites for hydroxylation is 2. The molecule has 0 atom stereocenters. The van der Waals surface area contributed by atoms with Crippen molar-refractivity contribution in [3.63, 3.8) is 0 Å². The van der Waals surface area contributed by atoms with Gasteiger partial charge in [-0.1, -0.05) is 42.1 Å². The fourth-order valence-corrected chi connectivity index (χ4v) is 4.13. The van der Waals surface area contributed by atoms with E-state index < -0.39 is 0 Å². The van der Waals surface area contributed by atoms with Crippen molar-refractivity contribution in [2.45, 2.75) is 45.4 Å². The zero-order valence-electron chi connectivity index (χ0n) is 15.9. The Balaban J connectivity index is 1.68. The number of nitrogens with one attached hydrogen (secondary N) is 1. The van der Waals surface area contributed by atoms with E-state index in [4.69, 9.17) is 0 Å². The van der Waals surface area contributed by atoms with E-state index in [-0.39, 0.29) is 17.2 Å². The van der Waals surface area contributed by atoms with Crippen molar-refractivity contribution in [1.29, 1.82) is 0 Å². The summed E-state index contributed by atoms with van der Waals surface area (Å²) in [6.45, 7) is 7.42. The Bertz CT molecular complexity index is 985. The molecule has 2 aromatic heterocycles. The van der Waals surface area contributed by atoms with Crippen LogP contribution in [0.3, 0.4) is 0 Å². The minimum atomic E-state index is -0.245. The Morgan fingerprint density at radius 3 is 2.59 bits per heavy atom. The molecule has 3 aromatic rings. The van der Waals surface area contributed by atoms with Gasteiger partial charge in [0, 0.05) is 30.0 Å². The molecule has 0 aliphatic rings. The van der Waals surface area contributed by atoms with E-state index >= 15 is 0 Å². The molecule has 2 heterocycles. The van der Waals surface area contributed by atoms with Crippen molar-refractivity contribution in [2.75, 3.05) is 5.75 Å². The van der Waals surface area contributed by atoms with E-state index in [1.807, 2.05) is 50.2 Å². The molecular weight excluding hydrogens is 360 g/mol. The van der Waals surface area contributed by atoms with Gasteiger partial charge < -0.3 is 4.57 Å². The van der Waals surface area contributed by atoms with Gasteiger partial charge in [0.15, 0.2) is 10.9 Å². The number of Topliss-reactive ketones (excluding diaryl/α,β-unsaturated/α-hetero) is 1. The number of hydrogen-bond acceptors (Lipinski definition) is 4. The van der Waals surface area contributed by atoms with Crippen LogP contribution < -0.4 is 5.69 Å². The van der Waals surface area contributed by atoms with Crippen LogP contribution in [-0.2, 0) is 19.5 Å². The lowest BCUT2D eigenvalue weighted by Gasteiger charge is -2.07. The SMILES string of the molecule is CCn1c(C)cc(C(=O)CSc2n[nH]c(=O)n2CCc2ccccc2)c1C. The molecule has 0 radical (unpaired) electrons. The maximum absolute atomic E-state index is 12.7. The smallest absolute Gasteiger partial charge is 0.343 e. The Hall–Kier alpha value is -2.54. The van der Waals surface area contributed by atoms with E-state index in [0.29, 0.717) is 11.7 Å². The molecule has 0 fully saturated rings. The molecule has 3 rings (SSSR count). The van der Waals surface area contributed by atoms with Gasteiger partial charge in [0.2, 0.25) is 0 Å². The third-order valence-corrected chi connectivity index (χ3v) is 5.69. The fraction of sp³-hybridized carbons (Fsp3) is 0.350. The van der Waals surface area contributed by atoms with Crippen LogP contribution in [0.2, 0.25) is 0 Å². The van der Waals surface area contributed by atoms with E-state index in [1.54, 1.807) is 4.57 Å². The van der Waals surface area contributed by atoms with Crippen LogP contribution in [0.15, 0.2) is 46.3 Å². The molecule has 7 heteroatoms. The number of nitrogens with zero attached hydrogens (tertiary/aromatic N) is 3. The quantitative estimate of drug-likeness (QED) is 0.478. The van der Waals surface area contributed by atoms with Gasteiger partial charge >= 0.3 is 5.69 Å². The predicted octanol–water partition coefficient (Wildman–Crippen LogP) is 3.23. The largest absolute Gasteiger partial charge is 0.349 e. The second kappa shape index (κ2) is 8.43. The van der Waals surface area contributed by atoms with Crippen molar-refractivity contribution in [1.82, 2.24) is 19.3 Å². The zero-order valence-corrected chi connectivity index (χ0v) is 16.7. The molecule has 0 bridgehead atoms. The molecule has 0 amide bonds. The lowest BCUT2D eigenvalue weighted by atomic mass is 10.1. The van der Waals surface area contributed by atoms with Gasteiger partial charge in [0.25, 0.3) is 0 Å². The van der Waals surface area contributed by atoms with Gasteiger partial charge in [-0.15, -0.1) is 5.10 Å². The van der Waals surface area contributed by atoms with Crippen molar-refractivity contribution in [2.24, 2.45) is 0 Å². The minimum Gasteiger partial charge on any atom is -0.349 e. The first kappa shape index (κ1) is 19.2. The van der Waals surface area contributed by atoms with E-state index in [1.165, 1.54) is 11.8 Å².